The molecule has 0 fully saturated rings. The summed E-state index contributed by atoms with van der Waals surface area (Å²) in [6.45, 7) is 3.68. The molecule has 0 amide bonds. The molecular formula is C15H16FNO3S. The first-order valence-corrected chi connectivity index (χ1v) is 7.75. The zero-order valence-electron chi connectivity index (χ0n) is 12.0. The second-order valence-electron chi connectivity index (χ2n) is 4.72. The summed E-state index contributed by atoms with van der Waals surface area (Å²) in [5.41, 5.74) is 2.24. The molecule has 1 N–H and O–H groups in total. The summed E-state index contributed by atoms with van der Waals surface area (Å²) in [6, 6.07) is 8.89. The maximum Gasteiger partial charge on any atom is 0.262 e. The Balaban J connectivity index is 2.41. The average Bonchev–Trinajstić information content (AvgIpc) is 2.43. The van der Waals surface area contributed by atoms with Crippen LogP contribution in [0.1, 0.15) is 11.1 Å². The molecule has 112 valence electrons. The van der Waals surface area contributed by atoms with Crippen LogP contribution in [0.4, 0.5) is 10.1 Å². The molecule has 21 heavy (non-hydrogen) atoms. The number of anilines is 1. The predicted octanol–water partition coefficient (Wildman–Crippen LogP) is 3.25. The topological polar surface area (TPSA) is 55.4 Å². The molecule has 4 nitrogen and oxygen atoms in total. The minimum atomic E-state index is -3.80. The first-order valence-electron chi connectivity index (χ1n) is 6.27. The summed E-state index contributed by atoms with van der Waals surface area (Å²) in [5.74, 6) is -0.720. The van der Waals surface area contributed by atoms with Crippen LogP contribution < -0.4 is 9.46 Å². The fourth-order valence-electron chi connectivity index (χ4n) is 1.86. The van der Waals surface area contributed by atoms with Crippen LogP contribution >= 0.6 is 0 Å². The number of halogens is 1. The summed E-state index contributed by atoms with van der Waals surface area (Å²) in [7, 11) is -2.51. The molecule has 0 aliphatic carbocycles. The quantitative estimate of drug-likeness (QED) is 0.943. The molecule has 6 heteroatoms. The van der Waals surface area contributed by atoms with Crippen LogP contribution in [-0.4, -0.2) is 15.5 Å². The summed E-state index contributed by atoms with van der Waals surface area (Å²) >= 11 is 0. The Morgan fingerprint density at radius 1 is 1.10 bits per heavy atom. The van der Waals surface area contributed by atoms with E-state index in [4.69, 9.17) is 4.74 Å². The molecular weight excluding hydrogens is 293 g/mol. The van der Waals surface area contributed by atoms with Gasteiger partial charge in [0.25, 0.3) is 10.0 Å². The monoisotopic (exact) mass is 309 g/mol. The van der Waals surface area contributed by atoms with E-state index in [1.807, 2.05) is 26.0 Å². The third kappa shape index (κ3) is 3.33. The fourth-order valence-corrected chi connectivity index (χ4v) is 2.99. The van der Waals surface area contributed by atoms with E-state index in [1.165, 1.54) is 13.2 Å². The first-order chi connectivity index (χ1) is 9.83. The number of ether oxygens (including phenoxy) is 1. The van der Waals surface area contributed by atoms with Crippen molar-refractivity contribution < 1.29 is 17.5 Å². The molecule has 0 aliphatic heterocycles. The van der Waals surface area contributed by atoms with Crippen molar-refractivity contribution in [2.45, 2.75) is 18.7 Å². The Kier molecular flexibility index (Phi) is 4.18. The Morgan fingerprint density at radius 3 is 2.48 bits per heavy atom. The van der Waals surface area contributed by atoms with Crippen molar-refractivity contribution in [3.63, 3.8) is 0 Å². The van der Waals surface area contributed by atoms with Crippen molar-refractivity contribution in [1.82, 2.24) is 0 Å². The zero-order chi connectivity index (χ0) is 15.6. The van der Waals surface area contributed by atoms with Crippen LogP contribution in [0.25, 0.3) is 0 Å². The van der Waals surface area contributed by atoms with Gasteiger partial charge in [0, 0.05) is 6.07 Å². The number of rotatable bonds is 4. The van der Waals surface area contributed by atoms with Crippen molar-refractivity contribution in [2.75, 3.05) is 11.8 Å². The summed E-state index contributed by atoms with van der Waals surface area (Å²) < 4.78 is 45.4. The molecule has 0 aromatic heterocycles. The molecule has 2 aromatic rings. The van der Waals surface area contributed by atoms with Gasteiger partial charge in [0.2, 0.25) is 0 Å². The highest BCUT2D eigenvalue weighted by Gasteiger charge is 2.17. The standard InChI is InChI=1S/C15H16FNO3S/c1-10-4-5-11(2)14(8-10)17-21(18,19)12-6-7-13(16)15(9-12)20-3/h4-9,17H,1-3H3. The van der Waals surface area contributed by atoms with E-state index in [9.17, 15) is 12.8 Å². The van der Waals surface area contributed by atoms with Crippen molar-refractivity contribution >= 4 is 15.7 Å². The van der Waals surface area contributed by atoms with Gasteiger partial charge in [-0.25, -0.2) is 12.8 Å². The summed E-state index contributed by atoms with van der Waals surface area (Å²) in [6.07, 6.45) is 0. The van der Waals surface area contributed by atoms with E-state index in [-0.39, 0.29) is 10.6 Å². The minimum absolute atomic E-state index is 0.0540. The predicted molar refractivity (Wildman–Crippen MR) is 79.7 cm³/mol. The van der Waals surface area contributed by atoms with Gasteiger partial charge in [-0.1, -0.05) is 12.1 Å². The summed E-state index contributed by atoms with van der Waals surface area (Å²) in [4.78, 5) is -0.0540. The lowest BCUT2D eigenvalue weighted by Gasteiger charge is -2.12. The fraction of sp³-hybridized carbons (Fsp3) is 0.200. The van der Waals surface area contributed by atoms with Crippen LogP contribution in [0.5, 0.6) is 5.75 Å². The van der Waals surface area contributed by atoms with Crippen LogP contribution in [0, 0.1) is 19.7 Å². The molecule has 0 spiro atoms. The van der Waals surface area contributed by atoms with Gasteiger partial charge < -0.3 is 4.74 Å². The highest BCUT2D eigenvalue weighted by Crippen LogP contribution is 2.25. The number of methoxy groups -OCH3 is 1. The largest absolute Gasteiger partial charge is 0.494 e. The van der Waals surface area contributed by atoms with Crippen LogP contribution in [0.15, 0.2) is 41.3 Å². The van der Waals surface area contributed by atoms with Crippen molar-refractivity contribution in [1.29, 1.82) is 0 Å². The number of sulfonamides is 1. The van der Waals surface area contributed by atoms with Crippen molar-refractivity contribution in [2.24, 2.45) is 0 Å². The van der Waals surface area contributed by atoms with E-state index in [0.717, 1.165) is 23.3 Å². The highest BCUT2D eigenvalue weighted by molar-refractivity contribution is 7.92. The van der Waals surface area contributed by atoms with E-state index in [1.54, 1.807) is 6.07 Å². The Bertz CT molecular complexity index is 772. The molecule has 0 saturated heterocycles. The second kappa shape index (κ2) is 5.73. The van der Waals surface area contributed by atoms with Gasteiger partial charge in [-0.05, 0) is 43.2 Å². The number of aryl methyl sites for hydroxylation is 2. The van der Waals surface area contributed by atoms with Crippen molar-refractivity contribution in [3.05, 3.63) is 53.3 Å². The third-order valence-electron chi connectivity index (χ3n) is 3.07. The molecule has 0 aliphatic rings. The van der Waals surface area contributed by atoms with Gasteiger partial charge in [-0.3, -0.25) is 4.72 Å². The van der Waals surface area contributed by atoms with Gasteiger partial charge in [-0.2, -0.15) is 0 Å². The highest BCUT2D eigenvalue weighted by atomic mass is 32.2. The molecule has 0 radical (unpaired) electrons. The van der Waals surface area contributed by atoms with Crippen LogP contribution in [0.3, 0.4) is 0 Å². The number of hydrogen-bond acceptors (Lipinski definition) is 3. The van der Waals surface area contributed by atoms with Gasteiger partial charge >= 0.3 is 0 Å². The Hall–Kier alpha value is -2.08. The SMILES string of the molecule is COc1cc(S(=O)(=O)Nc2cc(C)ccc2C)ccc1F. The molecule has 0 heterocycles. The van der Waals surface area contributed by atoms with E-state index >= 15 is 0 Å². The molecule has 2 rings (SSSR count). The lowest BCUT2D eigenvalue weighted by Crippen LogP contribution is -2.14. The molecule has 0 saturated carbocycles. The maximum absolute atomic E-state index is 13.4. The van der Waals surface area contributed by atoms with E-state index in [2.05, 4.69) is 4.72 Å². The Morgan fingerprint density at radius 2 is 1.81 bits per heavy atom. The smallest absolute Gasteiger partial charge is 0.262 e. The number of nitrogens with one attached hydrogen (secondary N) is 1. The van der Waals surface area contributed by atoms with Crippen LogP contribution in [-0.2, 0) is 10.0 Å². The lowest BCUT2D eigenvalue weighted by molar-refractivity contribution is 0.385. The minimum Gasteiger partial charge on any atom is -0.494 e. The average molecular weight is 309 g/mol. The normalized spacial score (nSPS) is 11.2. The summed E-state index contributed by atoms with van der Waals surface area (Å²) in [5, 5.41) is 0. The lowest BCUT2D eigenvalue weighted by atomic mass is 10.1. The number of benzene rings is 2. The zero-order valence-corrected chi connectivity index (χ0v) is 12.8. The second-order valence-corrected chi connectivity index (χ2v) is 6.40. The van der Waals surface area contributed by atoms with Gasteiger partial charge in [0.15, 0.2) is 11.6 Å². The Labute approximate surface area is 123 Å². The maximum atomic E-state index is 13.4. The van der Waals surface area contributed by atoms with Crippen molar-refractivity contribution in [3.8, 4) is 5.75 Å². The van der Waals surface area contributed by atoms with Gasteiger partial charge in [-0.15, -0.1) is 0 Å². The molecule has 0 unspecified atom stereocenters. The van der Waals surface area contributed by atoms with E-state index < -0.39 is 15.8 Å². The molecule has 0 atom stereocenters. The van der Waals surface area contributed by atoms with Gasteiger partial charge in [0.1, 0.15) is 0 Å². The molecule has 0 bridgehead atoms. The number of hydrogen-bond donors (Lipinski definition) is 1. The van der Waals surface area contributed by atoms with E-state index in [0.29, 0.717) is 5.69 Å². The van der Waals surface area contributed by atoms with Crippen LogP contribution in [0.2, 0.25) is 0 Å². The molecule has 2 aromatic carbocycles. The first kappa shape index (κ1) is 15.3. The van der Waals surface area contributed by atoms with Gasteiger partial charge in [0.05, 0.1) is 17.7 Å². The third-order valence-corrected chi connectivity index (χ3v) is 4.43.